The van der Waals surface area contributed by atoms with Crippen LogP contribution in [-0.2, 0) is 4.79 Å². The Kier molecular flexibility index (Phi) is 2.69. The molecule has 3 heteroatoms. The van der Waals surface area contributed by atoms with Crippen molar-refractivity contribution in [3.63, 3.8) is 0 Å². The first kappa shape index (κ1) is 8.59. The molecule has 0 amide bonds. The molecule has 0 saturated heterocycles. The first-order chi connectivity index (χ1) is 5.74. The van der Waals surface area contributed by atoms with E-state index in [1.54, 1.807) is 0 Å². The molecule has 1 aromatic rings. The SMILES string of the molecule is O=CC=Cc1ccc(F)c(F)c1. The molecule has 0 aliphatic heterocycles. The van der Waals surface area contributed by atoms with Crippen molar-refractivity contribution >= 4 is 12.4 Å². The standard InChI is InChI=1S/C9H6F2O/c10-8-4-3-7(2-1-5-12)6-9(8)11/h1-6H. The smallest absolute Gasteiger partial charge is 0.159 e. The van der Waals surface area contributed by atoms with Crippen LogP contribution in [0, 0.1) is 11.6 Å². The van der Waals surface area contributed by atoms with Gasteiger partial charge < -0.3 is 0 Å². The lowest BCUT2D eigenvalue weighted by atomic mass is 10.2. The van der Waals surface area contributed by atoms with Crippen LogP contribution in [-0.4, -0.2) is 6.29 Å². The number of aldehydes is 1. The van der Waals surface area contributed by atoms with Crippen LogP contribution in [0.2, 0.25) is 0 Å². The van der Waals surface area contributed by atoms with Crippen LogP contribution in [0.15, 0.2) is 24.3 Å². The van der Waals surface area contributed by atoms with Gasteiger partial charge in [-0.2, -0.15) is 0 Å². The number of rotatable bonds is 2. The molecule has 0 bridgehead atoms. The second-order valence-corrected chi connectivity index (χ2v) is 2.17. The van der Waals surface area contributed by atoms with Gasteiger partial charge in [0.25, 0.3) is 0 Å². The van der Waals surface area contributed by atoms with Gasteiger partial charge in [0.05, 0.1) is 0 Å². The second kappa shape index (κ2) is 3.76. The largest absolute Gasteiger partial charge is 0.299 e. The van der Waals surface area contributed by atoms with Crippen LogP contribution in [0.4, 0.5) is 8.78 Å². The minimum Gasteiger partial charge on any atom is -0.299 e. The fourth-order valence-corrected chi connectivity index (χ4v) is 0.766. The van der Waals surface area contributed by atoms with Gasteiger partial charge in [0.2, 0.25) is 0 Å². The van der Waals surface area contributed by atoms with E-state index in [1.165, 1.54) is 18.2 Å². The molecule has 0 atom stereocenters. The van der Waals surface area contributed by atoms with Gasteiger partial charge >= 0.3 is 0 Å². The van der Waals surface area contributed by atoms with Crippen LogP contribution >= 0.6 is 0 Å². The first-order valence-electron chi connectivity index (χ1n) is 3.31. The summed E-state index contributed by atoms with van der Waals surface area (Å²) in [5.74, 6) is -1.80. The molecule has 0 radical (unpaired) electrons. The maximum Gasteiger partial charge on any atom is 0.159 e. The summed E-state index contributed by atoms with van der Waals surface area (Å²) in [4.78, 5) is 9.88. The van der Waals surface area contributed by atoms with E-state index in [0.717, 1.165) is 12.1 Å². The molecule has 1 nitrogen and oxygen atoms in total. The highest BCUT2D eigenvalue weighted by Gasteiger charge is 1.99. The van der Waals surface area contributed by atoms with Crippen molar-refractivity contribution in [3.05, 3.63) is 41.5 Å². The molecule has 0 heterocycles. The van der Waals surface area contributed by atoms with Crippen LogP contribution < -0.4 is 0 Å². The van der Waals surface area contributed by atoms with E-state index in [0.29, 0.717) is 11.8 Å². The normalized spacial score (nSPS) is 10.5. The molecule has 1 aromatic carbocycles. The van der Waals surface area contributed by atoms with Crippen molar-refractivity contribution in [1.29, 1.82) is 0 Å². The van der Waals surface area contributed by atoms with Gasteiger partial charge in [0, 0.05) is 0 Å². The van der Waals surface area contributed by atoms with Crippen LogP contribution in [0.3, 0.4) is 0 Å². The summed E-state index contributed by atoms with van der Waals surface area (Å²) in [7, 11) is 0. The first-order valence-corrected chi connectivity index (χ1v) is 3.31. The minimum atomic E-state index is -0.914. The average molecular weight is 168 g/mol. The lowest BCUT2D eigenvalue weighted by molar-refractivity contribution is -0.104. The van der Waals surface area contributed by atoms with E-state index in [1.807, 2.05) is 0 Å². The zero-order valence-electron chi connectivity index (χ0n) is 6.13. The Hall–Kier alpha value is -1.51. The molecule has 0 N–H and O–H groups in total. The number of hydrogen-bond donors (Lipinski definition) is 0. The highest BCUT2D eigenvalue weighted by molar-refractivity contribution is 5.73. The zero-order chi connectivity index (χ0) is 8.97. The number of allylic oxidation sites excluding steroid dienone is 1. The van der Waals surface area contributed by atoms with E-state index < -0.39 is 11.6 Å². The summed E-state index contributed by atoms with van der Waals surface area (Å²) in [6.45, 7) is 0. The fraction of sp³-hybridized carbons (Fsp3) is 0. The summed E-state index contributed by atoms with van der Waals surface area (Å²) in [5, 5.41) is 0. The van der Waals surface area contributed by atoms with Crippen molar-refractivity contribution in [2.75, 3.05) is 0 Å². The maximum absolute atomic E-state index is 12.5. The van der Waals surface area contributed by atoms with E-state index >= 15 is 0 Å². The van der Waals surface area contributed by atoms with Gasteiger partial charge in [0.1, 0.15) is 6.29 Å². The van der Waals surface area contributed by atoms with Crippen LogP contribution in [0.25, 0.3) is 6.08 Å². The van der Waals surface area contributed by atoms with E-state index in [2.05, 4.69) is 0 Å². The summed E-state index contributed by atoms with van der Waals surface area (Å²) >= 11 is 0. The molecule has 1 rings (SSSR count). The molecule has 62 valence electrons. The number of carbonyl (C=O) groups excluding carboxylic acids is 1. The second-order valence-electron chi connectivity index (χ2n) is 2.17. The third-order valence-corrected chi connectivity index (χ3v) is 1.31. The van der Waals surface area contributed by atoms with Gasteiger partial charge in [-0.15, -0.1) is 0 Å². The van der Waals surface area contributed by atoms with E-state index in [9.17, 15) is 13.6 Å². The number of carbonyl (C=O) groups is 1. The Morgan fingerprint density at radius 2 is 1.92 bits per heavy atom. The Balaban J connectivity index is 2.96. The van der Waals surface area contributed by atoms with E-state index in [4.69, 9.17) is 0 Å². The average Bonchev–Trinajstić information content (AvgIpc) is 2.07. The molecular formula is C9H6F2O. The predicted octanol–water partition coefficient (Wildman–Crippen LogP) is 2.18. The minimum absolute atomic E-state index is 0.459. The highest BCUT2D eigenvalue weighted by atomic mass is 19.2. The molecule has 12 heavy (non-hydrogen) atoms. The van der Waals surface area contributed by atoms with Gasteiger partial charge in [-0.1, -0.05) is 12.1 Å². The summed E-state index contributed by atoms with van der Waals surface area (Å²) in [6.07, 6.45) is 3.18. The summed E-state index contributed by atoms with van der Waals surface area (Å²) in [5.41, 5.74) is 0.459. The van der Waals surface area contributed by atoms with Crippen molar-refractivity contribution in [1.82, 2.24) is 0 Å². The van der Waals surface area contributed by atoms with E-state index in [-0.39, 0.29) is 0 Å². The van der Waals surface area contributed by atoms with Gasteiger partial charge in [-0.05, 0) is 23.8 Å². The fourth-order valence-electron chi connectivity index (χ4n) is 0.766. The number of benzene rings is 1. The van der Waals surface area contributed by atoms with Crippen LogP contribution in [0.5, 0.6) is 0 Å². The third kappa shape index (κ3) is 1.99. The Morgan fingerprint density at radius 1 is 1.17 bits per heavy atom. The van der Waals surface area contributed by atoms with Crippen molar-refractivity contribution < 1.29 is 13.6 Å². The molecule has 0 aliphatic rings. The van der Waals surface area contributed by atoms with Crippen molar-refractivity contribution in [2.24, 2.45) is 0 Å². The topological polar surface area (TPSA) is 17.1 Å². The quantitative estimate of drug-likeness (QED) is 0.488. The molecule has 0 fully saturated rings. The summed E-state index contributed by atoms with van der Waals surface area (Å²) in [6, 6.07) is 3.42. The Bertz CT molecular complexity index is 318. The summed E-state index contributed by atoms with van der Waals surface area (Å²) < 4.78 is 24.9. The lowest BCUT2D eigenvalue weighted by Crippen LogP contribution is -1.83. The van der Waals surface area contributed by atoms with Gasteiger partial charge in [0.15, 0.2) is 11.6 Å². The highest BCUT2D eigenvalue weighted by Crippen LogP contribution is 2.09. The Morgan fingerprint density at radius 3 is 2.50 bits per heavy atom. The number of hydrogen-bond acceptors (Lipinski definition) is 1. The number of halogens is 2. The van der Waals surface area contributed by atoms with Gasteiger partial charge in [-0.3, -0.25) is 4.79 Å². The predicted molar refractivity (Wildman–Crippen MR) is 41.5 cm³/mol. The monoisotopic (exact) mass is 168 g/mol. The van der Waals surface area contributed by atoms with Gasteiger partial charge in [-0.25, -0.2) is 8.78 Å². The molecular weight excluding hydrogens is 162 g/mol. The third-order valence-electron chi connectivity index (χ3n) is 1.31. The van der Waals surface area contributed by atoms with Crippen molar-refractivity contribution in [3.8, 4) is 0 Å². The van der Waals surface area contributed by atoms with Crippen LogP contribution in [0.1, 0.15) is 5.56 Å². The van der Waals surface area contributed by atoms with Crippen molar-refractivity contribution in [2.45, 2.75) is 0 Å². The Labute approximate surface area is 68.3 Å². The zero-order valence-corrected chi connectivity index (χ0v) is 6.13. The molecule has 0 spiro atoms. The lowest BCUT2D eigenvalue weighted by Gasteiger charge is -1.93. The molecule has 0 aliphatic carbocycles. The molecule has 0 saturated carbocycles. The molecule has 0 aromatic heterocycles. The maximum atomic E-state index is 12.5. The molecule has 0 unspecified atom stereocenters.